The SMILES string of the molecule is CC(C)N1Cc2ccccc2C(F)(F)C1. The molecule has 0 fully saturated rings. The smallest absolute Gasteiger partial charge is 0.285 e. The van der Waals surface area contributed by atoms with Crippen LogP contribution in [0.3, 0.4) is 0 Å². The number of benzene rings is 1. The number of hydrogen-bond acceptors (Lipinski definition) is 1. The molecule has 0 spiro atoms. The Balaban J connectivity index is 2.39. The van der Waals surface area contributed by atoms with Gasteiger partial charge in [0.2, 0.25) is 0 Å². The zero-order valence-electron chi connectivity index (χ0n) is 9.00. The Kier molecular flexibility index (Phi) is 2.51. The Morgan fingerprint density at radius 2 is 1.93 bits per heavy atom. The summed E-state index contributed by atoms with van der Waals surface area (Å²) in [5.41, 5.74) is 0.948. The molecule has 0 aliphatic carbocycles. The fraction of sp³-hybridized carbons (Fsp3) is 0.500. The topological polar surface area (TPSA) is 3.24 Å². The van der Waals surface area contributed by atoms with E-state index in [4.69, 9.17) is 0 Å². The third kappa shape index (κ3) is 1.88. The van der Waals surface area contributed by atoms with E-state index in [-0.39, 0.29) is 18.2 Å². The van der Waals surface area contributed by atoms with Crippen molar-refractivity contribution in [1.29, 1.82) is 0 Å². The average Bonchev–Trinajstić information content (AvgIpc) is 2.16. The van der Waals surface area contributed by atoms with E-state index in [9.17, 15) is 8.78 Å². The molecule has 0 amide bonds. The van der Waals surface area contributed by atoms with Crippen LogP contribution in [0, 0.1) is 0 Å². The maximum Gasteiger partial charge on any atom is 0.285 e. The lowest BCUT2D eigenvalue weighted by Crippen LogP contribution is -2.43. The number of fused-ring (bicyclic) bond motifs is 1. The summed E-state index contributed by atoms with van der Waals surface area (Å²) in [6, 6.07) is 6.98. The molecule has 0 saturated heterocycles. The molecule has 0 unspecified atom stereocenters. The maximum absolute atomic E-state index is 13.8. The van der Waals surface area contributed by atoms with Gasteiger partial charge in [0.1, 0.15) is 0 Å². The second-order valence-electron chi connectivity index (χ2n) is 4.36. The molecule has 82 valence electrons. The standard InChI is InChI=1S/C12H15F2N/c1-9(2)15-7-10-5-3-4-6-11(10)12(13,14)8-15/h3-6,9H,7-8H2,1-2H3. The van der Waals surface area contributed by atoms with Gasteiger partial charge in [-0.2, -0.15) is 8.78 Å². The van der Waals surface area contributed by atoms with E-state index in [1.54, 1.807) is 12.1 Å². The van der Waals surface area contributed by atoms with Crippen LogP contribution in [0.2, 0.25) is 0 Å². The Bertz CT molecular complexity index is 360. The molecular formula is C12H15F2N. The van der Waals surface area contributed by atoms with Crippen molar-refractivity contribution in [2.45, 2.75) is 32.4 Å². The van der Waals surface area contributed by atoms with Crippen LogP contribution < -0.4 is 0 Å². The third-order valence-electron chi connectivity index (χ3n) is 2.92. The second-order valence-corrected chi connectivity index (χ2v) is 4.36. The lowest BCUT2D eigenvalue weighted by Gasteiger charge is -2.36. The van der Waals surface area contributed by atoms with Crippen molar-refractivity contribution in [3.8, 4) is 0 Å². The van der Waals surface area contributed by atoms with Crippen molar-refractivity contribution in [2.24, 2.45) is 0 Å². The average molecular weight is 211 g/mol. The van der Waals surface area contributed by atoms with Gasteiger partial charge in [0.25, 0.3) is 5.92 Å². The molecular weight excluding hydrogens is 196 g/mol. The molecule has 1 heterocycles. The van der Waals surface area contributed by atoms with Crippen LogP contribution >= 0.6 is 0 Å². The normalized spacial score (nSPS) is 20.3. The number of hydrogen-bond donors (Lipinski definition) is 0. The molecule has 1 aliphatic heterocycles. The van der Waals surface area contributed by atoms with Gasteiger partial charge in [0.15, 0.2) is 0 Å². The molecule has 0 bridgehead atoms. The van der Waals surface area contributed by atoms with E-state index in [0.29, 0.717) is 6.54 Å². The summed E-state index contributed by atoms with van der Waals surface area (Å²) in [5, 5.41) is 0. The predicted octanol–water partition coefficient (Wildman–Crippen LogP) is 3.00. The van der Waals surface area contributed by atoms with Gasteiger partial charge in [0, 0.05) is 18.2 Å². The van der Waals surface area contributed by atoms with E-state index >= 15 is 0 Å². The van der Waals surface area contributed by atoms with Gasteiger partial charge in [-0.25, -0.2) is 0 Å². The van der Waals surface area contributed by atoms with Crippen molar-refractivity contribution in [2.75, 3.05) is 6.54 Å². The van der Waals surface area contributed by atoms with Crippen LogP contribution in [-0.4, -0.2) is 17.5 Å². The van der Waals surface area contributed by atoms with Gasteiger partial charge >= 0.3 is 0 Å². The van der Waals surface area contributed by atoms with Crippen molar-refractivity contribution in [3.05, 3.63) is 35.4 Å². The van der Waals surface area contributed by atoms with Crippen LogP contribution in [0.15, 0.2) is 24.3 Å². The fourth-order valence-electron chi connectivity index (χ4n) is 2.00. The van der Waals surface area contributed by atoms with E-state index in [0.717, 1.165) is 5.56 Å². The highest BCUT2D eigenvalue weighted by Gasteiger charge is 2.40. The zero-order valence-corrected chi connectivity index (χ0v) is 9.00. The predicted molar refractivity (Wildman–Crippen MR) is 55.9 cm³/mol. The summed E-state index contributed by atoms with van der Waals surface area (Å²) in [5.74, 6) is -2.71. The van der Waals surface area contributed by atoms with Gasteiger partial charge in [-0.1, -0.05) is 24.3 Å². The van der Waals surface area contributed by atoms with Gasteiger partial charge in [-0.05, 0) is 19.4 Å². The number of nitrogens with zero attached hydrogens (tertiary/aromatic N) is 1. The molecule has 0 aromatic heterocycles. The second kappa shape index (κ2) is 3.56. The molecule has 0 N–H and O–H groups in total. The van der Waals surface area contributed by atoms with E-state index in [1.807, 2.05) is 24.8 Å². The lowest BCUT2D eigenvalue weighted by atomic mass is 9.96. The molecule has 2 rings (SSSR count). The summed E-state index contributed by atoms with van der Waals surface area (Å²) in [6.07, 6.45) is 0. The first-order chi connectivity index (χ1) is 7.00. The summed E-state index contributed by atoms with van der Waals surface area (Å²) >= 11 is 0. The lowest BCUT2D eigenvalue weighted by molar-refractivity contribution is -0.0600. The minimum absolute atomic E-state index is 0.157. The summed E-state index contributed by atoms with van der Waals surface area (Å²) in [7, 11) is 0. The number of alkyl halides is 2. The van der Waals surface area contributed by atoms with Crippen molar-refractivity contribution in [3.63, 3.8) is 0 Å². The molecule has 1 aliphatic rings. The highest BCUT2D eigenvalue weighted by Crippen LogP contribution is 2.36. The van der Waals surface area contributed by atoms with Gasteiger partial charge in [-0.3, -0.25) is 4.90 Å². The Morgan fingerprint density at radius 1 is 1.27 bits per heavy atom. The van der Waals surface area contributed by atoms with E-state index in [1.165, 1.54) is 6.07 Å². The Morgan fingerprint density at radius 3 is 2.60 bits per heavy atom. The van der Waals surface area contributed by atoms with Crippen molar-refractivity contribution < 1.29 is 8.78 Å². The third-order valence-corrected chi connectivity index (χ3v) is 2.92. The number of halogens is 2. The molecule has 0 atom stereocenters. The maximum atomic E-state index is 13.8. The van der Waals surface area contributed by atoms with E-state index < -0.39 is 5.92 Å². The minimum Gasteiger partial charge on any atom is -0.290 e. The largest absolute Gasteiger partial charge is 0.290 e. The first-order valence-electron chi connectivity index (χ1n) is 5.21. The molecule has 1 nitrogen and oxygen atoms in total. The molecule has 15 heavy (non-hydrogen) atoms. The number of rotatable bonds is 1. The summed E-state index contributed by atoms with van der Waals surface area (Å²) < 4.78 is 27.5. The fourth-order valence-corrected chi connectivity index (χ4v) is 2.00. The van der Waals surface area contributed by atoms with E-state index in [2.05, 4.69) is 0 Å². The first kappa shape index (κ1) is 10.6. The molecule has 0 saturated carbocycles. The molecule has 3 heteroatoms. The molecule has 1 aromatic carbocycles. The highest BCUT2D eigenvalue weighted by atomic mass is 19.3. The zero-order chi connectivity index (χ0) is 11.1. The first-order valence-corrected chi connectivity index (χ1v) is 5.21. The highest BCUT2D eigenvalue weighted by molar-refractivity contribution is 5.33. The molecule has 0 radical (unpaired) electrons. The van der Waals surface area contributed by atoms with Gasteiger partial charge < -0.3 is 0 Å². The van der Waals surface area contributed by atoms with Crippen LogP contribution in [0.1, 0.15) is 25.0 Å². The van der Waals surface area contributed by atoms with Gasteiger partial charge in [0.05, 0.1) is 6.54 Å². The Labute approximate surface area is 88.7 Å². The monoisotopic (exact) mass is 211 g/mol. The van der Waals surface area contributed by atoms with Crippen LogP contribution in [0.5, 0.6) is 0 Å². The van der Waals surface area contributed by atoms with Crippen LogP contribution in [-0.2, 0) is 12.5 Å². The quantitative estimate of drug-likeness (QED) is 0.690. The minimum atomic E-state index is -2.71. The Hall–Kier alpha value is -0.960. The molecule has 1 aromatic rings. The van der Waals surface area contributed by atoms with Crippen molar-refractivity contribution in [1.82, 2.24) is 4.90 Å². The summed E-state index contributed by atoms with van der Waals surface area (Å²) in [4.78, 5) is 1.81. The summed E-state index contributed by atoms with van der Waals surface area (Å²) in [6.45, 7) is 4.36. The van der Waals surface area contributed by atoms with Crippen LogP contribution in [0.4, 0.5) is 8.78 Å². The van der Waals surface area contributed by atoms with Gasteiger partial charge in [-0.15, -0.1) is 0 Å². The van der Waals surface area contributed by atoms with Crippen molar-refractivity contribution >= 4 is 0 Å². The van der Waals surface area contributed by atoms with Crippen LogP contribution in [0.25, 0.3) is 0 Å².